The van der Waals surface area contributed by atoms with E-state index in [1.165, 1.54) is 18.6 Å². The molecule has 1 aromatic carbocycles. The Morgan fingerprint density at radius 1 is 0.930 bits per heavy atom. The van der Waals surface area contributed by atoms with Crippen molar-refractivity contribution in [3.05, 3.63) is 47.5 Å². The van der Waals surface area contributed by atoms with Crippen molar-refractivity contribution in [3.63, 3.8) is 0 Å². The molecule has 0 spiro atoms. The van der Waals surface area contributed by atoms with Crippen LogP contribution in [0.25, 0.3) is 0 Å². The van der Waals surface area contributed by atoms with Gasteiger partial charge in [-0.25, -0.2) is 9.59 Å². The van der Waals surface area contributed by atoms with Gasteiger partial charge in [0.2, 0.25) is 11.8 Å². The van der Waals surface area contributed by atoms with Gasteiger partial charge in [-0.3, -0.25) is 14.4 Å². The number of benzene rings is 1. The minimum absolute atomic E-state index is 0.0366. The maximum absolute atomic E-state index is 12.2. The number of alkyl carbamates (subject to hydrolysis) is 1. The molecule has 0 aliphatic heterocycles. The summed E-state index contributed by atoms with van der Waals surface area (Å²) < 4.78 is 10.1. The first-order valence-corrected chi connectivity index (χ1v) is 14.6. The first-order valence-electron chi connectivity index (χ1n) is 14.6. The minimum Gasteiger partial charge on any atom is -0.479 e. The number of aryl methyl sites for hydroxylation is 1. The molecular formula is C31H47N3O9. The monoisotopic (exact) mass is 605 g/mol. The van der Waals surface area contributed by atoms with Crippen LogP contribution in [0.4, 0.5) is 4.79 Å². The van der Waals surface area contributed by atoms with Crippen LogP contribution >= 0.6 is 0 Å². The molecule has 12 nitrogen and oxygen atoms in total. The van der Waals surface area contributed by atoms with Crippen molar-refractivity contribution in [2.24, 2.45) is 17.8 Å². The number of ether oxygens (including phenoxy) is 2. The lowest BCUT2D eigenvalue weighted by Gasteiger charge is -2.18. The zero-order valence-corrected chi connectivity index (χ0v) is 25.6. The molecule has 43 heavy (non-hydrogen) atoms. The molecule has 240 valence electrons. The first-order chi connectivity index (χ1) is 20.4. The molecule has 3 atom stereocenters. The highest BCUT2D eigenvalue weighted by Gasteiger charge is 2.26. The molecule has 1 aromatic rings. The summed E-state index contributed by atoms with van der Waals surface area (Å²) in [4.78, 5) is 58.9. The van der Waals surface area contributed by atoms with Crippen LogP contribution in [0.1, 0.15) is 64.5 Å². The minimum atomic E-state index is -1.23. The van der Waals surface area contributed by atoms with E-state index in [1.54, 1.807) is 6.08 Å². The third-order valence-corrected chi connectivity index (χ3v) is 6.45. The number of esters is 1. The van der Waals surface area contributed by atoms with Crippen LogP contribution in [0.2, 0.25) is 0 Å². The maximum Gasteiger partial charge on any atom is 0.407 e. The highest BCUT2D eigenvalue weighted by atomic mass is 16.6. The Morgan fingerprint density at radius 2 is 1.60 bits per heavy atom. The maximum atomic E-state index is 12.2. The summed E-state index contributed by atoms with van der Waals surface area (Å²) in [5.74, 6) is -3.07. The van der Waals surface area contributed by atoms with Crippen LogP contribution in [0.15, 0.2) is 36.4 Å². The zero-order valence-electron chi connectivity index (χ0n) is 25.6. The van der Waals surface area contributed by atoms with Crippen LogP contribution in [0, 0.1) is 17.8 Å². The van der Waals surface area contributed by atoms with E-state index < -0.39 is 41.9 Å². The first kappa shape index (κ1) is 37.1. The number of nitrogens with one attached hydrogen (secondary N) is 3. The molecule has 0 fully saturated rings. The van der Waals surface area contributed by atoms with Crippen molar-refractivity contribution in [1.29, 1.82) is 0 Å². The number of aliphatic hydroxyl groups excluding tert-OH is 1. The van der Waals surface area contributed by atoms with E-state index in [0.29, 0.717) is 12.3 Å². The van der Waals surface area contributed by atoms with Gasteiger partial charge in [0.15, 0.2) is 6.10 Å². The molecule has 0 aromatic heterocycles. The van der Waals surface area contributed by atoms with E-state index in [1.807, 2.05) is 38.1 Å². The molecule has 0 bridgehead atoms. The number of hydrogen-bond donors (Lipinski definition) is 5. The van der Waals surface area contributed by atoms with Gasteiger partial charge in [-0.05, 0) is 61.1 Å². The average molecular weight is 606 g/mol. The molecule has 0 aliphatic rings. The van der Waals surface area contributed by atoms with Crippen molar-refractivity contribution < 1.29 is 43.7 Å². The lowest BCUT2D eigenvalue weighted by molar-refractivity contribution is -0.167. The lowest BCUT2D eigenvalue weighted by Crippen LogP contribution is -2.40. The molecule has 0 saturated carbocycles. The number of carbonyl (C=O) groups is 5. The van der Waals surface area contributed by atoms with E-state index in [2.05, 4.69) is 22.9 Å². The molecule has 0 saturated heterocycles. The number of carboxylic acid groups (broad SMARTS) is 1. The van der Waals surface area contributed by atoms with E-state index >= 15 is 0 Å². The van der Waals surface area contributed by atoms with Gasteiger partial charge in [0.1, 0.15) is 6.61 Å². The summed E-state index contributed by atoms with van der Waals surface area (Å²) in [6, 6.07) is 7.85. The van der Waals surface area contributed by atoms with E-state index in [-0.39, 0.29) is 45.2 Å². The lowest BCUT2D eigenvalue weighted by atomic mass is 9.96. The summed E-state index contributed by atoms with van der Waals surface area (Å²) in [5.41, 5.74) is 2.05. The second-order valence-electron chi connectivity index (χ2n) is 11.0. The fourth-order valence-electron chi connectivity index (χ4n) is 3.81. The van der Waals surface area contributed by atoms with Crippen molar-refractivity contribution in [1.82, 2.24) is 16.0 Å². The number of aliphatic carboxylic acids is 1. The van der Waals surface area contributed by atoms with Crippen molar-refractivity contribution in [3.8, 4) is 0 Å². The van der Waals surface area contributed by atoms with Gasteiger partial charge in [0.05, 0.1) is 19.1 Å². The predicted octanol–water partition coefficient (Wildman–Crippen LogP) is 2.72. The summed E-state index contributed by atoms with van der Waals surface area (Å²) in [6.07, 6.45) is 5.03. The third-order valence-electron chi connectivity index (χ3n) is 6.45. The molecule has 3 amide bonds. The number of carbonyl (C=O) groups excluding carboxylic acids is 4. The average Bonchev–Trinajstić information content (AvgIpc) is 2.97. The number of amides is 3. The van der Waals surface area contributed by atoms with Crippen LogP contribution in [-0.4, -0.2) is 72.4 Å². The molecule has 5 N–H and O–H groups in total. The predicted molar refractivity (Wildman–Crippen MR) is 160 cm³/mol. The van der Waals surface area contributed by atoms with Gasteiger partial charge in [-0.2, -0.15) is 0 Å². The summed E-state index contributed by atoms with van der Waals surface area (Å²) >= 11 is 0. The smallest absolute Gasteiger partial charge is 0.407 e. The van der Waals surface area contributed by atoms with Crippen molar-refractivity contribution >= 4 is 29.8 Å². The highest BCUT2D eigenvalue weighted by Crippen LogP contribution is 2.16. The van der Waals surface area contributed by atoms with Crippen LogP contribution in [0.3, 0.4) is 0 Å². The Bertz CT molecular complexity index is 1060. The second-order valence-corrected chi connectivity index (χ2v) is 11.0. The molecule has 3 unspecified atom stereocenters. The zero-order chi connectivity index (χ0) is 32.2. The van der Waals surface area contributed by atoms with Crippen LogP contribution in [-0.2, 0) is 41.7 Å². The van der Waals surface area contributed by atoms with E-state index in [9.17, 15) is 29.1 Å². The van der Waals surface area contributed by atoms with Gasteiger partial charge in [0.25, 0.3) is 0 Å². The molecule has 0 heterocycles. The number of carboxylic acids is 1. The van der Waals surface area contributed by atoms with Gasteiger partial charge in [0, 0.05) is 13.1 Å². The Hall–Kier alpha value is -3.93. The summed E-state index contributed by atoms with van der Waals surface area (Å²) in [6.45, 7) is 7.20. The fraction of sp³-hybridized carbons (Fsp3) is 0.581. The molecule has 0 aliphatic carbocycles. The standard InChI is InChI=1S/C31H47N3O9/c1-21(2)17-26(29(38)39)43-30(40)23(4)18-33-28(37)19-34-27(36)8-6-5-7-22(3)9-10-24-11-13-25(14-12-24)20-42-31(41)32-15-16-35/h6,8,11-14,21-23,26,35H,5,7,9-10,15-20H2,1-4H3,(H,32,41)(H,33,37)(H,34,36)(H,38,39). The number of aliphatic hydroxyl groups is 1. The number of allylic oxidation sites excluding steroid dienone is 1. The second kappa shape index (κ2) is 20.9. The van der Waals surface area contributed by atoms with Gasteiger partial charge < -0.3 is 35.6 Å². The Morgan fingerprint density at radius 3 is 2.23 bits per heavy atom. The molecule has 12 heteroatoms. The Labute approximate surface area is 253 Å². The highest BCUT2D eigenvalue weighted by molar-refractivity contribution is 5.91. The fourth-order valence-corrected chi connectivity index (χ4v) is 3.81. The van der Waals surface area contributed by atoms with Gasteiger partial charge >= 0.3 is 18.0 Å². The van der Waals surface area contributed by atoms with E-state index in [4.69, 9.17) is 14.6 Å². The quantitative estimate of drug-likeness (QED) is 0.110. The molecule has 0 radical (unpaired) electrons. The number of hydrogen-bond acceptors (Lipinski definition) is 8. The van der Waals surface area contributed by atoms with Gasteiger partial charge in [-0.1, -0.05) is 58.0 Å². The largest absolute Gasteiger partial charge is 0.479 e. The molecular weight excluding hydrogens is 558 g/mol. The van der Waals surface area contributed by atoms with Crippen LogP contribution < -0.4 is 16.0 Å². The molecule has 1 rings (SSSR count). The van der Waals surface area contributed by atoms with Crippen LogP contribution in [0.5, 0.6) is 0 Å². The van der Waals surface area contributed by atoms with Crippen molar-refractivity contribution in [2.75, 3.05) is 26.2 Å². The summed E-state index contributed by atoms with van der Waals surface area (Å²) in [5, 5.41) is 25.4. The Balaban J connectivity index is 2.24. The van der Waals surface area contributed by atoms with Gasteiger partial charge in [-0.15, -0.1) is 0 Å². The normalized spacial score (nSPS) is 13.2. The van der Waals surface area contributed by atoms with E-state index in [0.717, 1.165) is 24.8 Å². The Kier molecular flexibility index (Phi) is 18.0. The third kappa shape index (κ3) is 17.6. The summed E-state index contributed by atoms with van der Waals surface area (Å²) in [7, 11) is 0. The number of rotatable bonds is 20. The topological polar surface area (TPSA) is 180 Å². The van der Waals surface area contributed by atoms with Crippen molar-refractivity contribution in [2.45, 2.75) is 72.5 Å². The SMILES string of the molecule is CC(C)CC(OC(=O)C(C)CNC(=O)CNC(=O)C=CCCC(C)CCc1ccc(COC(=O)NCCO)cc1)C(=O)O.